The largest absolute Gasteiger partial charge is 0.315 e. The van der Waals surface area contributed by atoms with Crippen LogP contribution in [0.3, 0.4) is 0 Å². The normalized spacial score (nSPS) is 17.2. The van der Waals surface area contributed by atoms with Gasteiger partial charge in [-0.05, 0) is 55.4 Å². The van der Waals surface area contributed by atoms with E-state index in [0.29, 0.717) is 16.5 Å². The molecule has 2 atom stereocenters. The van der Waals surface area contributed by atoms with Gasteiger partial charge in [0.05, 0.1) is 12.1 Å². The number of carbonyl (C=O) groups is 1. The maximum atomic E-state index is 13.0. The van der Waals surface area contributed by atoms with Crippen LogP contribution in [0.15, 0.2) is 24.3 Å². The van der Waals surface area contributed by atoms with Gasteiger partial charge in [-0.3, -0.25) is 4.79 Å². The van der Waals surface area contributed by atoms with Gasteiger partial charge in [0.2, 0.25) is 5.91 Å². The standard InChI is InChI=1S/C20H22FN3OS/c1-12-3-8-16-17(10-22)20(26-18(16)9-12)24-19(25)11-23-13(2)14-4-6-15(21)7-5-14/h4-7,12-13,23H,3,8-9,11H2,1-2H3,(H,24,25)/t12-,13+/m1/s1. The van der Waals surface area contributed by atoms with E-state index in [4.69, 9.17) is 0 Å². The van der Waals surface area contributed by atoms with Crippen molar-refractivity contribution in [3.05, 3.63) is 51.7 Å². The second-order valence-electron chi connectivity index (χ2n) is 6.87. The molecule has 2 N–H and O–H groups in total. The summed E-state index contributed by atoms with van der Waals surface area (Å²) in [6.07, 6.45) is 2.97. The van der Waals surface area contributed by atoms with Gasteiger partial charge in [0.25, 0.3) is 0 Å². The zero-order chi connectivity index (χ0) is 18.7. The Bertz CT molecular complexity index is 838. The first-order valence-corrected chi connectivity index (χ1v) is 9.63. The summed E-state index contributed by atoms with van der Waals surface area (Å²) in [5.74, 6) is 0.162. The van der Waals surface area contributed by atoms with Crippen LogP contribution in [0.4, 0.5) is 9.39 Å². The van der Waals surface area contributed by atoms with Crippen LogP contribution in [0.1, 0.15) is 47.9 Å². The van der Waals surface area contributed by atoms with E-state index >= 15 is 0 Å². The smallest absolute Gasteiger partial charge is 0.238 e. The summed E-state index contributed by atoms with van der Waals surface area (Å²) < 4.78 is 13.0. The van der Waals surface area contributed by atoms with E-state index in [9.17, 15) is 14.4 Å². The van der Waals surface area contributed by atoms with Gasteiger partial charge in [-0.1, -0.05) is 19.1 Å². The molecule has 6 heteroatoms. The summed E-state index contributed by atoms with van der Waals surface area (Å²) in [4.78, 5) is 13.5. The lowest BCUT2D eigenvalue weighted by Crippen LogP contribution is -2.30. The van der Waals surface area contributed by atoms with E-state index in [1.54, 1.807) is 12.1 Å². The molecule has 0 saturated carbocycles. The minimum Gasteiger partial charge on any atom is -0.315 e. The van der Waals surface area contributed by atoms with Gasteiger partial charge in [0.15, 0.2) is 0 Å². The van der Waals surface area contributed by atoms with Crippen LogP contribution < -0.4 is 10.6 Å². The molecule has 0 unspecified atom stereocenters. The lowest BCUT2D eigenvalue weighted by Gasteiger charge is -2.17. The topological polar surface area (TPSA) is 64.9 Å². The predicted octanol–water partition coefficient (Wildman–Crippen LogP) is 4.17. The SMILES string of the molecule is C[C@@H]1CCc2c(sc(NC(=O)CN[C@@H](C)c3ccc(F)cc3)c2C#N)C1. The molecule has 2 aromatic rings. The van der Waals surface area contributed by atoms with Gasteiger partial charge >= 0.3 is 0 Å². The minimum atomic E-state index is -0.279. The molecule has 0 fully saturated rings. The zero-order valence-corrected chi connectivity index (χ0v) is 15.8. The Balaban J connectivity index is 1.62. The highest BCUT2D eigenvalue weighted by atomic mass is 32.1. The van der Waals surface area contributed by atoms with Crippen molar-refractivity contribution in [2.45, 2.75) is 39.2 Å². The molecule has 3 rings (SSSR count). The maximum Gasteiger partial charge on any atom is 0.238 e. The Morgan fingerprint density at radius 1 is 1.42 bits per heavy atom. The van der Waals surface area contributed by atoms with Gasteiger partial charge in [-0.25, -0.2) is 4.39 Å². The molecule has 1 aromatic carbocycles. The van der Waals surface area contributed by atoms with Crippen LogP contribution in [0.25, 0.3) is 0 Å². The maximum absolute atomic E-state index is 13.0. The Labute approximate surface area is 157 Å². The average Bonchev–Trinajstić information content (AvgIpc) is 2.96. The van der Waals surface area contributed by atoms with Crippen molar-refractivity contribution in [2.75, 3.05) is 11.9 Å². The quantitative estimate of drug-likeness (QED) is 0.829. The average molecular weight is 371 g/mol. The molecule has 0 bridgehead atoms. The van der Waals surface area contributed by atoms with Gasteiger partial charge in [-0.2, -0.15) is 5.26 Å². The molecule has 1 aliphatic carbocycles. The fraction of sp³-hybridized carbons (Fsp3) is 0.400. The summed E-state index contributed by atoms with van der Waals surface area (Å²) in [5.41, 5.74) is 2.65. The van der Waals surface area contributed by atoms with Crippen molar-refractivity contribution in [1.29, 1.82) is 5.26 Å². The first kappa shape index (κ1) is 18.6. The van der Waals surface area contributed by atoms with Crippen molar-refractivity contribution in [3.8, 4) is 6.07 Å². The molecular weight excluding hydrogens is 349 g/mol. The van der Waals surface area contributed by atoms with Crippen LogP contribution in [-0.4, -0.2) is 12.5 Å². The number of thiophene rings is 1. The van der Waals surface area contributed by atoms with E-state index in [1.807, 2.05) is 6.92 Å². The molecule has 0 spiro atoms. The fourth-order valence-electron chi connectivity index (χ4n) is 3.24. The van der Waals surface area contributed by atoms with E-state index in [-0.39, 0.29) is 24.3 Å². The Hall–Kier alpha value is -2.23. The number of hydrogen-bond acceptors (Lipinski definition) is 4. The van der Waals surface area contributed by atoms with Gasteiger partial charge in [0.1, 0.15) is 16.9 Å². The first-order chi connectivity index (χ1) is 12.5. The summed E-state index contributed by atoms with van der Waals surface area (Å²) in [6.45, 7) is 4.27. The Morgan fingerprint density at radius 3 is 2.85 bits per heavy atom. The van der Waals surface area contributed by atoms with Crippen LogP contribution in [0, 0.1) is 23.1 Å². The van der Waals surface area contributed by atoms with Crippen molar-refractivity contribution in [1.82, 2.24) is 5.32 Å². The van der Waals surface area contributed by atoms with E-state index in [1.165, 1.54) is 28.3 Å². The third kappa shape index (κ3) is 4.12. The highest BCUT2D eigenvalue weighted by Gasteiger charge is 2.24. The molecular formula is C20H22FN3OS. The van der Waals surface area contributed by atoms with Crippen molar-refractivity contribution in [3.63, 3.8) is 0 Å². The lowest BCUT2D eigenvalue weighted by atomic mass is 9.89. The van der Waals surface area contributed by atoms with Gasteiger partial charge < -0.3 is 10.6 Å². The molecule has 4 nitrogen and oxygen atoms in total. The van der Waals surface area contributed by atoms with E-state index < -0.39 is 0 Å². The molecule has 1 aromatic heterocycles. The highest BCUT2D eigenvalue weighted by molar-refractivity contribution is 7.16. The molecule has 0 saturated heterocycles. The van der Waals surface area contributed by atoms with Crippen LogP contribution >= 0.6 is 11.3 Å². The van der Waals surface area contributed by atoms with Crippen molar-refractivity contribution >= 4 is 22.2 Å². The zero-order valence-electron chi connectivity index (χ0n) is 14.9. The first-order valence-electron chi connectivity index (χ1n) is 8.81. The summed E-state index contributed by atoms with van der Waals surface area (Å²) in [7, 11) is 0. The number of halogens is 1. The van der Waals surface area contributed by atoms with E-state index in [0.717, 1.165) is 30.4 Å². The highest BCUT2D eigenvalue weighted by Crippen LogP contribution is 2.39. The molecule has 136 valence electrons. The van der Waals surface area contributed by atoms with E-state index in [2.05, 4.69) is 23.6 Å². The monoisotopic (exact) mass is 371 g/mol. The van der Waals surface area contributed by atoms with Crippen molar-refractivity contribution < 1.29 is 9.18 Å². The number of anilines is 1. The Morgan fingerprint density at radius 2 is 2.15 bits per heavy atom. The minimum absolute atomic E-state index is 0.0748. The molecule has 1 aliphatic rings. The number of fused-ring (bicyclic) bond motifs is 1. The molecule has 1 amide bonds. The second-order valence-corrected chi connectivity index (χ2v) is 7.98. The van der Waals surface area contributed by atoms with Crippen LogP contribution in [0.5, 0.6) is 0 Å². The predicted molar refractivity (Wildman–Crippen MR) is 102 cm³/mol. The molecule has 0 aliphatic heterocycles. The number of carbonyl (C=O) groups excluding carboxylic acids is 1. The third-order valence-corrected chi connectivity index (χ3v) is 5.99. The number of nitrogens with one attached hydrogen (secondary N) is 2. The number of amides is 1. The van der Waals surface area contributed by atoms with Crippen molar-refractivity contribution in [2.24, 2.45) is 5.92 Å². The number of hydrogen-bond donors (Lipinski definition) is 2. The van der Waals surface area contributed by atoms with Gasteiger partial charge in [-0.15, -0.1) is 11.3 Å². The van der Waals surface area contributed by atoms with Crippen LogP contribution in [0.2, 0.25) is 0 Å². The number of rotatable bonds is 5. The van der Waals surface area contributed by atoms with Crippen LogP contribution in [-0.2, 0) is 17.6 Å². The number of benzene rings is 1. The third-order valence-electron chi connectivity index (χ3n) is 4.82. The second kappa shape index (κ2) is 7.98. The number of nitrogens with zero attached hydrogens (tertiary/aromatic N) is 1. The summed E-state index contributed by atoms with van der Waals surface area (Å²) >= 11 is 1.53. The summed E-state index contributed by atoms with van der Waals surface area (Å²) in [5, 5.41) is 16.2. The molecule has 0 radical (unpaired) electrons. The molecule has 26 heavy (non-hydrogen) atoms. The molecule has 1 heterocycles. The fourth-order valence-corrected chi connectivity index (χ4v) is 4.62. The number of nitriles is 1. The van der Waals surface area contributed by atoms with Gasteiger partial charge in [0, 0.05) is 10.9 Å². The Kier molecular flexibility index (Phi) is 5.70. The summed E-state index contributed by atoms with van der Waals surface area (Å²) in [6, 6.07) is 8.40. The lowest BCUT2D eigenvalue weighted by molar-refractivity contribution is -0.115.